The smallest absolute Gasteiger partial charge is 0.368 e. The first-order valence-corrected chi connectivity index (χ1v) is 7.60. The van der Waals surface area contributed by atoms with Crippen molar-refractivity contribution < 1.29 is 22.4 Å². The molecule has 0 atom stereocenters. The number of nitrogen functional groups attached to an aromatic ring is 1. The van der Waals surface area contributed by atoms with Crippen molar-refractivity contribution in [3.05, 3.63) is 71.8 Å². The third-order valence-electron chi connectivity index (χ3n) is 3.66. The standard InChI is InChI=1S/C18H12F4N4O/c19-15-5-4-10(11-8-24-17(23)25-9-11)6-14(15)16(27)26-13-3-1-2-12(7-13)18(20,21)22/h1-9H,(H,26,27)(H2,23,24,25). The van der Waals surface area contributed by atoms with E-state index in [4.69, 9.17) is 5.73 Å². The van der Waals surface area contributed by atoms with E-state index in [2.05, 4.69) is 15.3 Å². The maximum absolute atomic E-state index is 14.1. The van der Waals surface area contributed by atoms with Crippen LogP contribution in [-0.4, -0.2) is 15.9 Å². The maximum atomic E-state index is 14.1. The molecule has 9 heteroatoms. The zero-order valence-electron chi connectivity index (χ0n) is 13.6. The van der Waals surface area contributed by atoms with E-state index in [-0.39, 0.29) is 17.2 Å². The summed E-state index contributed by atoms with van der Waals surface area (Å²) in [4.78, 5) is 20.0. The Hall–Kier alpha value is -3.49. The zero-order chi connectivity index (χ0) is 19.6. The van der Waals surface area contributed by atoms with Crippen molar-refractivity contribution >= 4 is 17.5 Å². The minimum Gasteiger partial charge on any atom is -0.368 e. The second-order valence-electron chi connectivity index (χ2n) is 5.56. The molecule has 0 saturated carbocycles. The lowest BCUT2D eigenvalue weighted by Gasteiger charge is -2.11. The number of carbonyl (C=O) groups excluding carboxylic acids is 1. The van der Waals surface area contributed by atoms with Crippen LogP contribution in [0.15, 0.2) is 54.9 Å². The average molecular weight is 376 g/mol. The number of nitrogens with two attached hydrogens (primary N) is 1. The fourth-order valence-electron chi connectivity index (χ4n) is 2.34. The lowest BCUT2D eigenvalue weighted by Crippen LogP contribution is -2.15. The van der Waals surface area contributed by atoms with Gasteiger partial charge in [0.25, 0.3) is 5.91 Å². The predicted octanol–water partition coefficient (Wildman–Crippen LogP) is 4.14. The van der Waals surface area contributed by atoms with Crippen molar-refractivity contribution in [1.29, 1.82) is 0 Å². The topological polar surface area (TPSA) is 80.9 Å². The van der Waals surface area contributed by atoms with Gasteiger partial charge in [-0.25, -0.2) is 14.4 Å². The SMILES string of the molecule is Nc1ncc(-c2ccc(F)c(C(=O)Nc3cccc(C(F)(F)F)c3)c2)cn1. The highest BCUT2D eigenvalue weighted by Crippen LogP contribution is 2.31. The number of nitrogens with zero attached hydrogens (tertiary/aromatic N) is 2. The highest BCUT2D eigenvalue weighted by Gasteiger charge is 2.30. The van der Waals surface area contributed by atoms with Gasteiger partial charge >= 0.3 is 6.18 Å². The molecule has 0 spiro atoms. The van der Waals surface area contributed by atoms with Crippen LogP contribution in [0.3, 0.4) is 0 Å². The lowest BCUT2D eigenvalue weighted by molar-refractivity contribution is -0.137. The number of alkyl halides is 3. The van der Waals surface area contributed by atoms with Gasteiger partial charge in [-0.15, -0.1) is 0 Å². The summed E-state index contributed by atoms with van der Waals surface area (Å²) in [6.07, 6.45) is -1.74. The largest absolute Gasteiger partial charge is 0.416 e. The lowest BCUT2D eigenvalue weighted by atomic mass is 10.0. The molecule has 2 aromatic carbocycles. The molecule has 1 heterocycles. The van der Waals surface area contributed by atoms with Gasteiger partial charge in [-0.1, -0.05) is 12.1 Å². The van der Waals surface area contributed by atoms with Gasteiger partial charge in [-0.3, -0.25) is 4.79 Å². The highest BCUT2D eigenvalue weighted by atomic mass is 19.4. The van der Waals surface area contributed by atoms with E-state index in [1.165, 1.54) is 30.6 Å². The van der Waals surface area contributed by atoms with Crippen molar-refractivity contribution in [3.8, 4) is 11.1 Å². The average Bonchev–Trinajstić information content (AvgIpc) is 2.62. The number of nitrogens with one attached hydrogen (secondary N) is 1. The van der Waals surface area contributed by atoms with Crippen LogP contribution in [0, 0.1) is 5.82 Å². The van der Waals surface area contributed by atoms with E-state index >= 15 is 0 Å². The Morgan fingerprint density at radius 2 is 1.70 bits per heavy atom. The van der Waals surface area contributed by atoms with Crippen LogP contribution in [0.2, 0.25) is 0 Å². The van der Waals surface area contributed by atoms with Gasteiger partial charge in [-0.2, -0.15) is 13.2 Å². The summed E-state index contributed by atoms with van der Waals surface area (Å²) in [6.45, 7) is 0. The van der Waals surface area contributed by atoms with Crippen LogP contribution in [0.5, 0.6) is 0 Å². The first-order chi connectivity index (χ1) is 12.7. The third-order valence-corrected chi connectivity index (χ3v) is 3.66. The molecular formula is C18H12F4N4O. The molecule has 3 N–H and O–H groups in total. The molecule has 0 aliphatic heterocycles. The minimum atomic E-state index is -4.55. The van der Waals surface area contributed by atoms with Crippen LogP contribution < -0.4 is 11.1 Å². The number of anilines is 2. The van der Waals surface area contributed by atoms with Gasteiger partial charge in [0.1, 0.15) is 5.82 Å². The summed E-state index contributed by atoms with van der Waals surface area (Å²) in [5.74, 6) is -1.65. The Morgan fingerprint density at radius 1 is 1.00 bits per heavy atom. The van der Waals surface area contributed by atoms with Gasteiger partial charge in [0, 0.05) is 23.6 Å². The molecule has 0 radical (unpaired) electrons. The van der Waals surface area contributed by atoms with Crippen LogP contribution >= 0.6 is 0 Å². The third kappa shape index (κ3) is 4.20. The van der Waals surface area contributed by atoms with Gasteiger partial charge in [0.15, 0.2) is 0 Å². The number of aromatic nitrogens is 2. The number of halogens is 4. The minimum absolute atomic E-state index is 0.0587. The van der Waals surface area contributed by atoms with Crippen molar-refractivity contribution in [1.82, 2.24) is 9.97 Å². The summed E-state index contributed by atoms with van der Waals surface area (Å²) in [5, 5.41) is 2.27. The summed E-state index contributed by atoms with van der Waals surface area (Å²) >= 11 is 0. The van der Waals surface area contributed by atoms with E-state index in [1.54, 1.807) is 0 Å². The number of hydrogen-bond donors (Lipinski definition) is 2. The van der Waals surface area contributed by atoms with Gasteiger partial charge in [-0.05, 0) is 35.9 Å². The molecule has 3 aromatic rings. The summed E-state index contributed by atoms with van der Waals surface area (Å²) in [7, 11) is 0. The molecule has 138 valence electrons. The zero-order valence-corrected chi connectivity index (χ0v) is 13.6. The Balaban J connectivity index is 1.89. The van der Waals surface area contributed by atoms with Crippen molar-refractivity contribution in [2.45, 2.75) is 6.18 Å². The molecule has 1 aromatic heterocycles. The monoisotopic (exact) mass is 376 g/mol. The molecule has 0 bridgehead atoms. The van der Waals surface area contributed by atoms with Crippen LogP contribution in [0.4, 0.5) is 29.2 Å². The number of carbonyl (C=O) groups is 1. The molecule has 0 unspecified atom stereocenters. The molecule has 1 amide bonds. The molecule has 0 saturated heterocycles. The van der Waals surface area contributed by atoms with E-state index in [0.717, 1.165) is 24.3 Å². The first-order valence-electron chi connectivity index (χ1n) is 7.60. The van der Waals surface area contributed by atoms with E-state index < -0.39 is 23.5 Å². The first kappa shape index (κ1) is 18.3. The summed E-state index contributed by atoms with van der Waals surface area (Å²) in [5.41, 5.74) is 5.00. The Morgan fingerprint density at radius 3 is 2.37 bits per heavy atom. The number of hydrogen-bond acceptors (Lipinski definition) is 4. The number of benzene rings is 2. The quantitative estimate of drug-likeness (QED) is 0.674. The van der Waals surface area contributed by atoms with Crippen LogP contribution in [-0.2, 0) is 6.18 Å². The van der Waals surface area contributed by atoms with Crippen molar-refractivity contribution in [2.24, 2.45) is 0 Å². The molecule has 0 fully saturated rings. The van der Waals surface area contributed by atoms with Crippen molar-refractivity contribution in [2.75, 3.05) is 11.1 Å². The molecular weight excluding hydrogens is 364 g/mol. The molecule has 0 aliphatic carbocycles. The summed E-state index contributed by atoms with van der Waals surface area (Å²) < 4.78 is 52.4. The van der Waals surface area contributed by atoms with Crippen LogP contribution in [0.1, 0.15) is 15.9 Å². The molecule has 27 heavy (non-hydrogen) atoms. The van der Waals surface area contributed by atoms with Gasteiger partial charge in [0.05, 0.1) is 11.1 Å². The highest BCUT2D eigenvalue weighted by molar-refractivity contribution is 6.05. The van der Waals surface area contributed by atoms with Gasteiger partial charge in [0.2, 0.25) is 5.95 Å². The number of rotatable bonds is 3. The molecule has 3 rings (SSSR count). The van der Waals surface area contributed by atoms with E-state index in [1.807, 2.05) is 0 Å². The van der Waals surface area contributed by atoms with Crippen LogP contribution in [0.25, 0.3) is 11.1 Å². The Labute approximate surface area is 150 Å². The Kier molecular flexibility index (Phi) is 4.76. The van der Waals surface area contributed by atoms with Crippen molar-refractivity contribution in [3.63, 3.8) is 0 Å². The Bertz CT molecular complexity index is 987. The van der Waals surface area contributed by atoms with E-state index in [0.29, 0.717) is 11.1 Å². The fourth-order valence-corrected chi connectivity index (χ4v) is 2.34. The normalized spacial score (nSPS) is 11.3. The second kappa shape index (κ2) is 7.02. The van der Waals surface area contributed by atoms with E-state index in [9.17, 15) is 22.4 Å². The maximum Gasteiger partial charge on any atom is 0.416 e. The fraction of sp³-hybridized carbons (Fsp3) is 0.0556. The molecule has 0 aliphatic rings. The molecule has 5 nitrogen and oxygen atoms in total. The predicted molar refractivity (Wildman–Crippen MR) is 91.2 cm³/mol. The summed E-state index contributed by atoms with van der Waals surface area (Å²) in [6, 6.07) is 7.83. The second-order valence-corrected chi connectivity index (χ2v) is 5.56. The van der Waals surface area contributed by atoms with Gasteiger partial charge < -0.3 is 11.1 Å². The number of amides is 1.